The number of carboxylic acid groups (broad SMARTS) is 1. The highest BCUT2D eigenvalue weighted by Gasteiger charge is 2.25. The average molecular weight is 1080 g/mol. The van der Waals surface area contributed by atoms with Gasteiger partial charge in [0.05, 0.1) is 34.4 Å². The van der Waals surface area contributed by atoms with E-state index in [0.29, 0.717) is 17.4 Å². The highest BCUT2D eigenvalue weighted by molar-refractivity contribution is 5.71. The van der Waals surface area contributed by atoms with Crippen molar-refractivity contribution in [3.05, 3.63) is 85.1 Å². The van der Waals surface area contributed by atoms with Crippen LogP contribution in [0.2, 0.25) is 0 Å². The summed E-state index contributed by atoms with van der Waals surface area (Å²) in [6.45, 7) is 4.72. The molecule has 0 spiro atoms. The molecular weight excluding hydrogens is 959 g/mol. The zero-order valence-corrected chi connectivity index (χ0v) is 50.6. The van der Waals surface area contributed by atoms with Gasteiger partial charge in [0.25, 0.3) is 6.29 Å². The van der Waals surface area contributed by atoms with Crippen molar-refractivity contribution in [1.29, 1.82) is 0 Å². The Hall–Kier alpha value is -3.53. The molecule has 0 bridgehead atoms. The number of aliphatic carboxylic acids is 1. The van der Waals surface area contributed by atoms with Crippen molar-refractivity contribution in [3.8, 4) is 0 Å². The predicted molar refractivity (Wildman–Crippen MR) is 327 cm³/mol. The summed E-state index contributed by atoms with van der Waals surface area (Å²) in [5, 5.41) is 9.68. The minimum Gasteiger partial charge on any atom is -0.477 e. The lowest BCUT2D eigenvalue weighted by Gasteiger charge is -2.25. The van der Waals surface area contributed by atoms with E-state index in [-0.39, 0.29) is 32.2 Å². The highest BCUT2D eigenvalue weighted by atomic mass is 16.7. The third-order valence-electron chi connectivity index (χ3n) is 13.6. The largest absolute Gasteiger partial charge is 0.477 e. The molecule has 0 saturated carbocycles. The lowest BCUT2D eigenvalue weighted by atomic mass is 10.0. The first kappa shape index (κ1) is 73.5. The van der Waals surface area contributed by atoms with E-state index in [2.05, 4.69) is 98.9 Å². The first-order valence-electron chi connectivity index (χ1n) is 31.8. The first-order chi connectivity index (χ1) is 37.6. The molecule has 0 heterocycles. The Kier molecular flexibility index (Phi) is 55.9. The Morgan fingerprint density at radius 1 is 0.403 bits per heavy atom. The van der Waals surface area contributed by atoms with Gasteiger partial charge in [0.2, 0.25) is 0 Å². The second-order valence-corrected chi connectivity index (χ2v) is 22.3. The lowest BCUT2D eigenvalue weighted by molar-refractivity contribution is -0.870. The molecule has 2 unspecified atom stereocenters. The van der Waals surface area contributed by atoms with Gasteiger partial charge in [0.15, 0.2) is 6.10 Å². The fraction of sp³-hybridized carbons (Fsp3) is 0.750. The number of nitrogens with zero attached hydrogens (tertiary/aromatic N) is 1. The Morgan fingerprint density at radius 2 is 0.740 bits per heavy atom. The van der Waals surface area contributed by atoms with Gasteiger partial charge in [0, 0.05) is 12.8 Å². The van der Waals surface area contributed by atoms with Gasteiger partial charge >= 0.3 is 17.9 Å². The average Bonchev–Trinajstić information content (AvgIpc) is 3.40. The summed E-state index contributed by atoms with van der Waals surface area (Å²) in [5.41, 5.74) is 0. The molecule has 0 aromatic rings. The van der Waals surface area contributed by atoms with Crippen molar-refractivity contribution >= 4 is 17.9 Å². The molecule has 0 aliphatic rings. The molecule has 0 saturated heterocycles. The normalized spacial score (nSPS) is 13.3. The summed E-state index contributed by atoms with van der Waals surface area (Å²) in [4.78, 5) is 37.3. The number of carbonyl (C=O) groups is 3. The van der Waals surface area contributed by atoms with Gasteiger partial charge in [-0.1, -0.05) is 259 Å². The molecule has 0 aliphatic carbocycles. The Morgan fingerprint density at radius 3 is 1.12 bits per heavy atom. The number of hydrogen-bond acceptors (Lipinski definition) is 7. The van der Waals surface area contributed by atoms with Crippen LogP contribution in [0.1, 0.15) is 271 Å². The third-order valence-corrected chi connectivity index (χ3v) is 13.6. The lowest BCUT2D eigenvalue weighted by Crippen LogP contribution is -2.40. The third kappa shape index (κ3) is 60.0. The van der Waals surface area contributed by atoms with Crippen LogP contribution in [0.4, 0.5) is 0 Å². The number of ether oxygens (including phenoxy) is 4. The first-order valence-corrected chi connectivity index (χ1v) is 31.8. The van der Waals surface area contributed by atoms with E-state index >= 15 is 0 Å². The smallest absolute Gasteiger partial charge is 0.361 e. The molecule has 0 rings (SSSR count). The van der Waals surface area contributed by atoms with Crippen molar-refractivity contribution in [2.75, 3.05) is 47.5 Å². The zero-order valence-electron chi connectivity index (χ0n) is 50.6. The summed E-state index contributed by atoms with van der Waals surface area (Å²) in [6.07, 6.45) is 75.7. The van der Waals surface area contributed by atoms with Gasteiger partial charge in [0.1, 0.15) is 13.2 Å². The van der Waals surface area contributed by atoms with Gasteiger partial charge in [-0.3, -0.25) is 9.59 Å². The van der Waals surface area contributed by atoms with Crippen molar-refractivity contribution in [2.45, 2.75) is 283 Å². The van der Waals surface area contributed by atoms with E-state index < -0.39 is 24.3 Å². The molecule has 77 heavy (non-hydrogen) atoms. The maximum Gasteiger partial charge on any atom is 0.361 e. The summed E-state index contributed by atoms with van der Waals surface area (Å²) in [5.74, 6) is -2.01. The molecule has 9 nitrogen and oxygen atoms in total. The van der Waals surface area contributed by atoms with E-state index in [0.717, 1.165) is 103 Å². The molecular formula is C68H120NO8+. The SMILES string of the molecule is CC/C=C\C/C=C\C/C=C\C/C=C\C/C=C\C/C=C\CCCCCCCCCCCCCCCCCCCCCCCCC(=O)OC(COC(=O)CCCCCCC/C=C\CCCC)COC(OCC[N+](C)(C)C)C(=O)O. The maximum absolute atomic E-state index is 12.9. The van der Waals surface area contributed by atoms with Crippen LogP contribution in [0.25, 0.3) is 0 Å². The topological polar surface area (TPSA) is 108 Å². The van der Waals surface area contributed by atoms with E-state index in [1.165, 1.54) is 141 Å². The number of carboxylic acids is 1. The highest BCUT2D eigenvalue weighted by Crippen LogP contribution is 2.17. The van der Waals surface area contributed by atoms with Crippen LogP contribution < -0.4 is 0 Å². The van der Waals surface area contributed by atoms with Crippen LogP contribution >= 0.6 is 0 Å². The summed E-state index contributed by atoms with van der Waals surface area (Å²) in [6, 6.07) is 0. The number of quaternary nitrogens is 1. The molecule has 444 valence electrons. The van der Waals surface area contributed by atoms with Gasteiger partial charge in [-0.15, -0.1) is 0 Å². The second-order valence-electron chi connectivity index (χ2n) is 22.3. The Labute approximate surface area is 474 Å². The molecule has 0 amide bonds. The van der Waals surface area contributed by atoms with Gasteiger partial charge in [-0.2, -0.15) is 0 Å². The number of carbonyl (C=O) groups excluding carboxylic acids is 2. The summed E-state index contributed by atoms with van der Waals surface area (Å²) < 4.78 is 22.8. The van der Waals surface area contributed by atoms with E-state index in [9.17, 15) is 19.5 Å². The van der Waals surface area contributed by atoms with Crippen molar-refractivity contribution in [2.24, 2.45) is 0 Å². The van der Waals surface area contributed by atoms with Crippen molar-refractivity contribution < 1.29 is 42.9 Å². The predicted octanol–water partition coefficient (Wildman–Crippen LogP) is 19.1. The number of rotatable bonds is 58. The van der Waals surface area contributed by atoms with E-state index in [1.54, 1.807) is 0 Å². The Bertz CT molecular complexity index is 1540. The monoisotopic (exact) mass is 1080 g/mol. The molecule has 0 aromatic carbocycles. The molecule has 0 aromatic heterocycles. The zero-order chi connectivity index (χ0) is 56.2. The number of likely N-dealkylation sites (N-methyl/N-ethyl adjacent to an activating group) is 1. The minimum atomic E-state index is -1.51. The van der Waals surface area contributed by atoms with E-state index in [1.807, 2.05) is 21.1 Å². The van der Waals surface area contributed by atoms with Crippen LogP contribution in [-0.4, -0.2) is 87.4 Å². The van der Waals surface area contributed by atoms with E-state index in [4.69, 9.17) is 18.9 Å². The molecule has 2 atom stereocenters. The number of hydrogen-bond donors (Lipinski definition) is 1. The molecule has 0 radical (unpaired) electrons. The van der Waals surface area contributed by atoms with Crippen LogP contribution in [0.15, 0.2) is 85.1 Å². The second kappa shape index (κ2) is 58.6. The fourth-order valence-electron chi connectivity index (χ4n) is 8.76. The number of allylic oxidation sites excluding steroid dienone is 14. The van der Waals surface area contributed by atoms with Crippen LogP contribution in [0.5, 0.6) is 0 Å². The van der Waals surface area contributed by atoms with Crippen LogP contribution in [0, 0.1) is 0 Å². The summed E-state index contributed by atoms with van der Waals surface area (Å²) in [7, 11) is 5.97. The maximum atomic E-state index is 12.9. The minimum absolute atomic E-state index is 0.185. The van der Waals surface area contributed by atoms with Gasteiger partial charge in [-0.25, -0.2) is 4.79 Å². The molecule has 0 fully saturated rings. The van der Waals surface area contributed by atoms with Crippen LogP contribution in [-0.2, 0) is 33.3 Å². The Balaban J connectivity index is 3.92. The number of esters is 2. The standard InChI is InChI=1S/C68H119NO8/c1-6-8-10-12-14-16-18-19-20-21-22-23-24-25-26-27-28-29-30-31-32-33-34-35-36-37-38-39-40-41-42-43-44-45-46-47-49-51-53-55-57-59-66(71)77-64(63-76-68(67(72)73)74-61-60-69(3,4)5)62-75-65(70)58-56-54-52-50-48-17-15-13-11-9-7-2/h8,10,13-16,19-20,22-23,25-26,28-29,64,68H,6-7,9,11-12,17-18,21,24,27,30-63H2,1-5H3/p+1/b10-8-,15-13-,16-14-,20-19-,23-22-,26-25-,29-28-. The molecule has 1 N–H and O–H groups in total. The van der Waals surface area contributed by atoms with Crippen LogP contribution in [0.3, 0.4) is 0 Å². The summed E-state index contributed by atoms with van der Waals surface area (Å²) >= 11 is 0. The molecule has 9 heteroatoms. The fourth-order valence-corrected chi connectivity index (χ4v) is 8.76. The van der Waals surface area contributed by atoms with Crippen molar-refractivity contribution in [3.63, 3.8) is 0 Å². The van der Waals surface area contributed by atoms with Gasteiger partial charge < -0.3 is 28.5 Å². The van der Waals surface area contributed by atoms with Gasteiger partial charge in [-0.05, 0) is 83.5 Å². The quantitative estimate of drug-likeness (QED) is 0.0211. The number of unbranched alkanes of at least 4 members (excludes halogenated alkanes) is 29. The van der Waals surface area contributed by atoms with Crippen molar-refractivity contribution in [1.82, 2.24) is 0 Å². The molecule has 0 aliphatic heterocycles.